The Morgan fingerprint density at radius 3 is 2.20 bits per heavy atom. The van der Waals surface area contributed by atoms with Crippen molar-refractivity contribution >= 4 is 17.7 Å². The maximum atomic E-state index is 14.3. The number of benzene rings is 3. The van der Waals surface area contributed by atoms with Gasteiger partial charge in [0.2, 0.25) is 11.8 Å². The summed E-state index contributed by atoms with van der Waals surface area (Å²) in [7, 11) is 3.15. The van der Waals surface area contributed by atoms with E-state index >= 15 is 0 Å². The Labute approximate surface area is 235 Å². The molecule has 8 heteroatoms. The van der Waals surface area contributed by atoms with E-state index in [1.807, 2.05) is 55.5 Å². The summed E-state index contributed by atoms with van der Waals surface area (Å²) in [5.41, 5.74) is 1.99. The van der Waals surface area contributed by atoms with Crippen molar-refractivity contribution in [2.24, 2.45) is 0 Å². The van der Waals surface area contributed by atoms with Crippen molar-refractivity contribution in [2.45, 2.75) is 45.3 Å². The van der Waals surface area contributed by atoms with Crippen LogP contribution in [0.2, 0.25) is 0 Å². The topological polar surface area (TPSA) is 88.2 Å². The van der Waals surface area contributed by atoms with Crippen molar-refractivity contribution in [3.8, 4) is 11.5 Å². The minimum atomic E-state index is -1.20. The third-order valence-electron chi connectivity index (χ3n) is 7.63. The fourth-order valence-electron chi connectivity index (χ4n) is 5.20. The van der Waals surface area contributed by atoms with Crippen LogP contribution in [0.25, 0.3) is 0 Å². The van der Waals surface area contributed by atoms with E-state index in [9.17, 15) is 14.4 Å². The van der Waals surface area contributed by atoms with Gasteiger partial charge in [-0.05, 0) is 55.7 Å². The van der Waals surface area contributed by atoms with E-state index in [1.165, 1.54) is 6.92 Å². The summed E-state index contributed by atoms with van der Waals surface area (Å²) in [6.07, 6.45) is 0.605. The number of piperidine rings is 1. The second kappa shape index (κ2) is 12.7. The van der Waals surface area contributed by atoms with Gasteiger partial charge in [0, 0.05) is 37.7 Å². The first kappa shape index (κ1) is 28.7. The van der Waals surface area contributed by atoms with Crippen molar-refractivity contribution in [2.75, 3.05) is 27.3 Å². The van der Waals surface area contributed by atoms with Crippen molar-refractivity contribution in [1.29, 1.82) is 0 Å². The fourth-order valence-corrected chi connectivity index (χ4v) is 5.20. The van der Waals surface area contributed by atoms with E-state index in [1.54, 1.807) is 48.3 Å². The van der Waals surface area contributed by atoms with E-state index in [0.29, 0.717) is 55.1 Å². The van der Waals surface area contributed by atoms with Crippen LogP contribution in [0.1, 0.15) is 46.8 Å². The first-order chi connectivity index (χ1) is 19.3. The normalized spacial score (nSPS) is 14.2. The Bertz CT molecular complexity index is 1330. The Morgan fingerprint density at radius 2 is 1.60 bits per heavy atom. The summed E-state index contributed by atoms with van der Waals surface area (Å²) in [5.74, 6) is 0.637. The first-order valence-corrected chi connectivity index (χ1v) is 13.4. The minimum absolute atomic E-state index is 0.0517. The van der Waals surface area contributed by atoms with Gasteiger partial charge in [0.05, 0.1) is 20.8 Å². The van der Waals surface area contributed by atoms with Gasteiger partial charge in [-0.3, -0.25) is 14.4 Å². The fraction of sp³-hybridized carbons (Fsp3) is 0.344. The number of amides is 3. The maximum Gasteiger partial charge on any atom is 0.255 e. The average molecular weight is 544 g/mol. The molecular weight excluding hydrogens is 506 g/mol. The van der Waals surface area contributed by atoms with Crippen molar-refractivity contribution in [3.05, 3.63) is 95.1 Å². The molecule has 1 saturated heterocycles. The Kier molecular flexibility index (Phi) is 9.09. The van der Waals surface area contributed by atoms with Gasteiger partial charge in [-0.2, -0.15) is 0 Å². The molecule has 0 aromatic heterocycles. The van der Waals surface area contributed by atoms with Crippen LogP contribution in [-0.4, -0.2) is 60.4 Å². The number of carbonyl (C=O) groups is 3. The van der Waals surface area contributed by atoms with Crippen LogP contribution >= 0.6 is 0 Å². The molecule has 0 spiro atoms. The molecule has 0 saturated carbocycles. The second-order valence-corrected chi connectivity index (χ2v) is 10.1. The molecule has 3 amide bonds. The number of ether oxygens (including phenoxy) is 2. The second-order valence-electron chi connectivity index (χ2n) is 10.1. The zero-order chi connectivity index (χ0) is 28.7. The third kappa shape index (κ3) is 6.28. The van der Waals surface area contributed by atoms with Crippen LogP contribution in [0.4, 0.5) is 0 Å². The molecule has 40 heavy (non-hydrogen) atoms. The zero-order valence-corrected chi connectivity index (χ0v) is 23.6. The zero-order valence-electron chi connectivity index (χ0n) is 23.6. The van der Waals surface area contributed by atoms with Gasteiger partial charge < -0.3 is 24.6 Å². The number of hydrogen-bond donors (Lipinski definition) is 1. The number of nitrogens with one attached hydrogen (secondary N) is 1. The molecule has 0 bridgehead atoms. The standard InChI is InChI=1S/C32H37N3O5/c1-23-10-12-26(13-11-23)30(37)35(22-27-20-28(39-3)14-15-29(27)40-4)32(16-18-34(19-17-32)24(2)36)31(38)33-21-25-8-6-5-7-9-25/h5-15,20H,16-19,21-22H2,1-4H3,(H,33,38). The Morgan fingerprint density at radius 1 is 0.925 bits per heavy atom. The van der Waals surface area contributed by atoms with E-state index in [0.717, 1.165) is 11.1 Å². The highest BCUT2D eigenvalue weighted by molar-refractivity contribution is 5.99. The third-order valence-corrected chi connectivity index (χ3v) is 7.63. The van der Waals surface area contributed by atoms with Crippen molar-refractivity contribution < 1.29 is 23.9 Å². The van der Waals surface area contributed by atoms with Gasteiger partial charge in [-0.1, -0.05) is 48.0 Å². The van der Waals surface area contributed by atoms with E-state index in [4.69, 9.17) is 9.47 Å². The highest BCUT2D eigenvalue weighted by atomic mass is 16.5. The number of carbonyl (C=O) groups excluding carboxylic acids is 3. The van der Waals surface area contributed by atoms with E-state index in [-0.39, 0.29) is 24.3 Å². The number of hydrogen-bond acceptors (Lipinski definition) is 5. The lowest BCUT2D eigenvalue weighted by atomic mass is 9.83. The van der Waals surface area contributed by atoms with E-state index < -0.39 is 5.54 Å². The molecule has 3 aromatic rings. The molecular formula is C32H37N3O5. The lowest BCUT2D eigenvalue weighted by molar-refractivity contribution is -0.141. The Hall–Kier alpha value is -4.33. The number of aryl methyl sites for hydroxylation is 1. The molecule has 0 atom stereocenters. The van der Waals surface area contributed by atoms with Gasteiger partial charge >= 0.3 is 0 Å². The average Bonchev–Trinajstić information content (AvgIpc) is 2.99. The minimum Gasteiger partial charge on any atom is -0.497 e. The number of rotatable bonds is 9. The molecule has 1 fully saturated rings. The molecule has 210 valence electrons. The SMILES string of the molecule is COc1ccc(OC)c(CN(C(=O)c2ccc(C)cc2)C2(C(=O)NCc3ccccc3)CCN(C(C)=O)CC2)c1. The predicted molar refractivity (Wildman–Crippen MR) is 153 cm³/mol. The molecule has 0 radical (unpaired) electrons. The lowest BCUT2D eigenvalue weighted by Gasteiger charge is -2.47. The van der Waals surface area contributed by atoms with Gasteiger partial charge in [-0.15, -0.1) is 0 Å². The van der Waals surface area contributed by atoms with E-state index in [2.05, 4.69) is 5.32 Å². The molecule has 1 heterocycles. The summed E-state index contributed by atoms with van der Waals surface area (Å²) in [5, 5.41) is 3.09. The largest absolute Gasteiger partial charge is 0.497 e. The molecule has 0 unspecified atom stereocenters. The number of nitrogens with zero attached hydrogens (tertiary/aromatic N) is 2. The summed E-state index contributed by atoms with van der Waals surface area (Å²) in [4.78, 5) is 44.1. The molecule has 8 nitrogen and oxygen atoms in total. The van der Waals surface area contributed by atoms with Crippen LogP contribution < -0.4 is 14.8 Å². The molecule has 0 aliphatic carbocycles. The number of methoxy groups -OCH3 is 2. The highest BCUT2D eigenvalue weighted by Gasteiger charge is 2.49. The predicted octanol–water partition coefficient (Wildman–Crippen LogP) is 4.35. The monoisotopic (exact) mass is 543 g/mol. The summed E-state index contributed by atoms with van der Waals surface area (Å²) in [6, 6.07) is 22.4. The molecule has 1 N–H and O–H groups in total. The van der Waals surface area contributed by atoms with Crippen LogP contribution in [0, 0.1) is 6.92 Å². The molecule has 4 rings (SSSR count). The Balaban J connectivity index is 1.78. The molecule has 3 aromatic carbocycles. The van der Waals surface area contributed by atoms with Crippen LogP contribution in [0.5, 0.6) is 11.5 Å². The molecule has 1 aliphatic rings. The van der Waals surface area contributed by atoms with Crippen molar-refractivity contribution in [3.63, 3.8) is 0 Å². The van der Waals surface area contributed by atoms with Crippen LogP contribution in [0.15, 0.2) is 72.8 Å². The lowest BCUT2D eigenvalue weighted by Crippen LogP contribution is -2.64. The van der Waals surface area contributed by atoms with Crippen molar-refractivity contribution in [1.82, 2.24) is 15.1 Å². The summed E-state index contributed by atoms with van der Waals surface area (Å²) in [6.45, 7) is 4.66. The highest BCUT2D eigenvalue weighted by Crippen LogP contribution is 2.35. The van der Waals surface area contributed by atoms with Crippen LogP contribution in [0.3, 0.4) is 0 Å². The van der Waals surface area contributed by atoms with Gasteiger partial charge in [0.25, 0.3) is 5.91 Å². The van der Waals surface area contributed by atoms with Gasteiger partial charge in [0.1, 0.15) is 17.0 Å². The first-order valence-electron chi connectivity index (χ1n) is 13.4. The van der Waals surface area contributed by atoms with Crippen LogP contribution in [-0.2, 0) is 22.7 Å². The van der Waals surface area contributed by atoms with Gasteiger partial charge in [0.15, 0.2) is 0 Å². The summed E-state index contributed by atoms with van der Waals surface area (Å²) < 4.78 is 11.1. The maximum absolute atomic E-state index is 14.3. The smallest absolute Gasteiger partial charge is 0.255 e. The summed E-state index contributed by atoms with van der Waals surface area (Å²) >= 11 is 0. The van der Waals surface area contributed by atoms with Gasteiger partial charge in [-0.25, -0.2) is 0 Å². The molecule has 1 aliphatic heterocycles. The quantitative estimate of drug-likeness (QED) is 0.434. The number of likely N-dealkylation sites (tertiary alicyclic amines) is 1.